The fourth-order valence-electron chi connectivity index (χ4n) is 7.50. The van der Waals surface area contributed by atoms with Crippen LogP contribution in [0.25, 0.3) is 60.9 Å². The molecule has 0 amide bonds. The molecule has 0 N–H and O–H groups in total. The van der Waals surface area contributed by atoms with Gasteiger partial charge in [-0.25, -0.2) is 0 Å². The molecule has 0 radical (unpaired) electrons. The number of hydrogen-bond donors (Lipinski definition) is 0. The molecule has 214 valence electrons. The Labute approximate surface area is 267 Å². The van der Waals surface area contributed by atoms with Gasteiger partial charge in [0.15, 0.2) is 0 Å². The van der Waals surface area contributed by atoms with Crippen molar-refractivity contribution in [3.8, 4) is 44.8 Å². The van der Waals surface area contributed by atoms with Crippen molar-refractivity contribution in [2.24, 2.45) is 0 Å². The molecule has 2 aliphatic rings. The average molecular weight is 587 g/mol. The van der Waals surface area contributed by atoms with Crippen LogP contribution in [0.3, 0.4) is 0 Å². The number of rotatable bonds is 3. The monoisotopic (exact) mass is 586 g/mol. The van der Waals surface area contributed by atoms with Crippen molar-refractivity contribution < 1.29 is 4.65 Å². The van der Waals surface area contributed by atoms with E-state index in [1.807, 2.05) is 6.07 Å². The maximum atomic E-state index is 6.54. The number of nitrogens with zero attached hydrogens (tertiary/aromatic N) is 2. The maximum absolute atomic E-state index is 6.54. The Morgan fingerprint density at radius 1 is 0.435 bits per heavy atom. The smallest absolute Gasteiger partial charge is 0.524 e. The molecule has 10 rings (SSSR count). The lowest BCUT2D eigenvalue weighted by molar-refractivity contribution is 0.603. The van der Waals surface area contributed by atoms with Crippen LogP contribution in [-0.2, 0) is 0 Å². The lowest BCUT2D eigenvalue weighted by atomic mass is 9.64. The molecule has 0 saturated heterocycles. The van der Waals surface area contributed by atoms with E-state index in [9.17, 15) is 0 Å². The molecule has 8 aromatic rings. The molecule has 3 heterocycles. The summed E-state index contributed by atoms with van der Waals surface area (Å²) >= 11 is 0. The van der Waals surface area contributed by atoms with Crippen LogP contribution >= 0.6 is 0 Å². The van der Waals surface area contributed by atoms with Crippen molar-refractivity contribution in [1.29, 1.82) is 0 Å². The zero-order chi connectivity index (χ0) is 30.2. The first-order valence-corrected chi connectivity index (χ1v) is 15.8. The quantitative estimate of drug-likeness (QED) is 0.192. The lowest BCUT2D eigenvalue weighted by Gasteiger charge is -2.31. The molecular weight excluding hydrogens is 559 g/mol. The summed E-state index contributed by atoms with van der Waals surface area (Å²) in [5.41, 5.74) is 14.4. The first-order valence-electron chi connectivity index (χ1n) is 15.8. The van der Waals surface area contributed by atoms with Gasteiger partial charge in [-0.3, -0.25) is 0 Å². The third-order valence-electron chi connectivity index (χ3n) is 9.59. The van der Waals surface area contributed by atoms with Crippen LogP contribution in [-0.4, -0.2) is 11.6 Å². The lowest BCUT2D eigenvalue weighted by Crippen LogP contribution is -2.50. The first-order chi connectivity index (χ1) is 22.8. The Morgan fingerprint density at radius 3 is 2.00 bits per heavy atom. The fraction of sp³-hybridized carbons (Fsp3) is 0. The van der Waals surface area contributed by atoms with Gasteiger partial charge in [0.2, 0.25) is 0 Å². The van der Waals surface area contributed by atoms with Crippen molar-refractivity contribution >= 4 is 45.7 Å². The molecule has 0 spiro atoms. The van der Waals surface area contributed by atoms with Crippen LogP contribution in [0, 0.1) is 0 Å². The standard InChI is InChI=1S/C42H27BN2O/c1-2-13-32(14-3-1)44-38-17-6-4-16-34(38)36-27-31(22-24-39(36)44)29-12-10-11-28(25-29)30-21-23-37-35(26-30)33-15-5-7-18-40(33)45-41-19-8-9-20-42(41)46-43(37)45/h1-27H. The highest BCUT2D eigenvalue weighted by Gasteiger charge is 2.44. The third kappa shape index (κ3) is 3.67. The summed E-state index contributed by atoms with van der Waals surface area (Å²) in [6.45, 7) is 0. The van der Waals surface area contributed by atoms with E-state index in [0.717, 1.165) is 11.4 Å². The molecule has 1 aromatic heterocycles. The van der Waals surface area contributed by atoms with E-state index in [2.05, 4.69) is 167 Å². The summed E-state index contributed by atoms with van der Waals surface area (Å²) < 4.78 is 8.90. The maximum Gasteiger partial charge on any atom is 0.524 e. The minimum atomic E-state index is -0.174. The highest BCUT2D eigenvalue weighted by atomic mass is 16.5. The number of benzene rings is 7. The highest BCUT2D eigenvalue weighted by molar-refractivity contribution is 6.77. The molecule has 0 atom stereocenters. The van der Waals surface area contributed by atoms with E-state index in [-0.39, 0.29) is 7.05 Å². The van der Waals surface area contributed by atoms with E-state index in [0.29, 0.717) is 0 Å². The van der Waals surface area contributed by atoms with Gasteiger partial charge in [0.1, 0.15) is 5.75 Å². The van der Waals surface area contributed by atoms with E-state index in [1.165, 1.54) is 72.0 Å². The van der Waals surface area contributed by atoms with Crippen LogP contribution < -0.4 is 14.9 Å². The Kier molecular flexibility index (Phi) is 5.37. The summed E-state index contributed by atoms with van der Waals surface area (Å²) in [7, 11) is -0.174. The fourth-order valence-corrected chi connectivity index (χ4v) is 7.50. The van der Waals surface area contributed by atoms with Crippen molar-refractivity contribution in [2.45, 2.75) is 0 Å². The Balaban J connectivity index is 1.08. The predicted octanol–water partition coefficient (Wildman–Crippen LogP) is 10.0. The first kappa shape index (κ1) is 25.3. The van der Waals surface area contributed by atoms with Crippen LogP contribution in [0.4, 0.5) is 11.4 Å². The Bertz CT molecular complexity index is 2480. The number of anilines is 2. The van der Waals surface area contributed by atoms with Gasteiger partial charge in [-0.15, -0.1) is 0 Å². The zero-order valence-electron chi connectivity index (χ0n) is 25.0. The molecule has 4 heteroatoms. The van der Waals surface area contributed by atoms with Crippen LogP contribution in [0.2, 0.25) is 0 Å². The molecule has 0 unspecified atom stereocenters. The average Bonchev–Trinajstić information content (AvgIpc) is 3.68. The van der Waals surface area contributed by atoms with Crippen molar-refractivity contribution in [3.63, 3.8) is 0 Å². The summed E-state index contributed by atoms with van der Waals surface area (Å²) in [6.07, 6.45) is 0. The van der Waals surface area contributed by atoms with Crippen molar-refractivity contribution in [1.82, 2.24) is 4.57 Å². The topological polar surface area (TPSA) is 17.4 Å². The second kappa shape index (κ2) is 9.75. The molecule has 7 aromatic carbocycles. The summed E-state index contributed by atoms with van der Waals surface area (Å²) in [5, 5.41) is 2.52. The molecule has 0 bridgehead atoms. The van der Waals surface area contributed by atoms with Gasteiger partial charge in [-0.1, -0.05) is 103 Å². The Hall–Kier alpha value is -6.00. The number of para-hydroxylation sites is 5. The summed E-state index contributed by atoms with van der Waals surface area (Å²) in [6, 6.07) is 59.0. The molecule has 2 aliphatic heterocycles. The third-order valence-corrected chi connectivity index (χ3v) is 9.59. The summed E-state index contributed by atoms with van der Waals surface area (Å²) in [5.74, 6) is 0.927. The molecule has 0 fully saturated rings. The van der Waals surface area contributed by atoms with E-state index < -0.39 is 0 Å². The second-order valence-electron chi connectivity index (χ2n) is 12.1. The highest BCUT2D eigenvalue weighted by Crippen LogP contribution is 2.47. The molecule has 3 nitrogen and oxygen atoms in total. The molecule has 46 heavy (non-hydrogen) atoms. The van der Waals surface area contributed by atoms with Crippen LogP contribution in [0.5, 0.6) is 5.75 Å². The minimum absolute atomic E-state index is 0.174. The van der Waals surface area contributed by atoms with Crippen LogP contribution in [0.15, 0.2) is 164 Å². The minimum Gasteiger partial charge on any atom is -0.536 e. The van der Waals surface area contributed by atoms with Gasteiger partial charge in [-0.2, -0.15) is 0 Å². The Morgan fingerprint density at radius 2 is 1.11 bits per heavy atom. The molecule has 0 saturated carbocycles. The van der Waals surface area contributed by atoms with Gasteiger partial charge in [0, 0.05) is 27.7 Å². The van der Waals surface area contributed by atoms with Crippen molar-refractivity contribution in [2.75, 3.05) is 4.81 Å². The number of fused-ring (bicyclic) bond motifs is 11. The largest absolute Gasteiger partial charge is 0.536 e. The van der Waals surface area contributed by atoms with E-state index >= 15 is 0 Å². The second-order valence-corrected chi connectivity index (χ2v) is 12.1. The van der Waals surface area contributed by atoms with Crippen LogP contribution in [0.1, 0.15) is 0 Å². The van der Waals surface area contributed by atoms with Gasteiger partial charge in [-0.05, 0) is 93.9 Å². The van der Waals surface area contributed by atoms with Gasteiger partial charge in [0.25, 0.3) is 0 Å². The van der Waals surface area contributed by atoms with E-state index in [1.54, 1.807) is 0 Å². The van der Waals surface area contributed by atoms with E-state index in [4.69, 9.17) is 4.65 Å². The normalized spacial score (nSPS) is 12.9. The zero-order valence-corrected chi connectivity index (χ0v) is 25.0. The van der Waals surface area contributed by atoms with Gasteiger partial charge in [0.05, 0.1) is 16.7 Å². The predicted molar refractivity (Wildman–Crippen MR) is 192 cm³/mol. The number of hydrogen-bond acceptors (Lipinski definition) is 2. The van der Waals surface area contributed by atoms with Crippen molar-refractivity contribution in [3.05, 3.63) is 164 Å². The van der Waals surface area contributed by atoms with Gasteiger partial charge >= 0.3 is 7.05 Å². The molecular formula is C42H27BN2O. The SMILES string of the molecule is c1ccc(-n2c3ccccc3c3cc(-c4cccc(-c5ccc6c(c5)-c5ccccc5N5B6Oc6ccccc65)c4)ccc32)cc1. The molecule has 0 aliphatic carbocycles. The summed E-state index contributed by atoms with van der Waals surface area (Å²) in [4.78, 5) is 2.33. The van der Waals surface area contributed by atoms with Gasteiger partial charge < -0.3 is 14.0 Å². The number of aromatic nitrogens is 1.